The number of ether oxygens (including phenoxy) is 1. The maximum absolute atomic E-state index is 12.4. The molecule has 1 fully saturated rings. The predicted molar refractivity (Wildman–Crippen MR) is 91.8 cm³/mol. The Morgan fingerprint density at radius 3 is 2.28 bits per heavy atom. The SMILES string of the molecule is COc1ccc(S(=O)(=O)NCC(=O)N2CCN(C(C)=O)CC2)c(C)c1. The summed E-state index contributed by atoms with van der Waals surface area (Å²) in [4.78, 5) is 26.8. The van der Waals surface area contributed by atoms with Crippen molar-refractivity contribution in [3.63, 3.8) is 0 Å². The summed E-state index contributed by atoms with van der Waals surface area (Å²) in [5.74, 6) is 0.233. The van der Waals surface area contributed by atoms with Gasteiger partial charge in [0.2, 0.25) is 21.8 Å². The van der Waals surface area contributed by atoms with Gasteiger partial charge in [0, 0.05) is 33.1 Å². The fraction of sp³-hybridized carbons (Fsp3) is 0.500. The van der Waals surface area contributed by atoms with Crippen LogP contribution in [0.15, 0.2) is 23.1 Å². The van der Waals surface area contributed by atoms with Crippen LogP contribution in [0.1, 0.15) is 12.5 Å². The number of methoxy groups -OCH3 is 1. The van der Waals surface area contributed by atoms with Crippen LogP contribution in [-0.2, 0) is 19.6 Å². The number of carbonyl (C=O) groups excluding carboxylic acids is 2. The Morgan fingerprint density at radius 1 is 1.16 bits per heavy atom. The normalized spacial score (nSPS) is 15.2. The predicted octanol–water partition coefficient (Wildman–Crippen LogP) is -0.0274. The lowest BCUT2D eigenvalue weighted by atomic mass is 10.2. The van der Waals surface area contributed by atoms with E-state index in [1.54, 1.807) is 28.9 Å². The maximum atomic E-state index is 12.4. The highest BCUT2D eigenvalue weighted by Gasteiger charge is 2.24. The molecule has 0 unspecified atom stereocenters. The molecule has 25 heavy (non-hydrogen) atoms. The second-order valence-corrected chi connectivity index (χ2v) is 7.58. The van der Waals surface area contributed by atoms with Gasteiger partial charge in [-0.2, -0.15) is 0 Å². The average molecular weight is 369 g/mol. The van der Waals surface area contributed by atoms with E-state index in [1.807, 2.05) is 0 Å². The molecule has 0 saturated carbocycles. The molecule has 2 amide bonds. The fourth-order valence-electron chi connectivity index (χ4n) is 2.67. The molecule has 0 spiro atoms. The van der Waals surface area contributed by atoms with Crippen molar-refractivity contribution in [2.75, 3.05) is 39.8 Å². The van der Waals surface area contributed by atoms with Crippen molar-refractivity contribution in [3.05, 3.63) is 23.8 Å². The topological polar surface area (TPSA) is 96.0 Å². The third-order valence-electron chi connectivity index (χ3n) is 4.16. The lowest BCUT2D eigenvalue weighted by Crippen LogP contribution is -2.52. The summed E-state index contributed by atoms with van der Waals surface area (Å²) in [5, 5.41) is 0. The minimum atomic E-state index is -3.79. The van der Waals surface area contributed by atoms with Crippen LogP contribution in [0.5, 0.6) is 5.75 Å². The minimum Gasteiger partial charge on any atom is -0.497 e. The van der Waals surface area contributed by atoms with E-state index < -0.39 is 10.0 Å². The van der Waals surface area contributed by atoms with Crippen molar-refractivity contribution in [2.24, 2.45) is 0 Å². The lowest BCUT2D eigenvalue weighted by molar-refractivity contribution is -0.137. The molecular weight excluding hydrogens is 346 g/mol. The first-order valence-corrected chi connectivity index (χ1v) is 9.40. The summed E-state index contributed by atoms with van der Waals surface area (Å²) >= 11 is 0. The molecule has 1 aromatic rings. The van der Waals surface area contributed by atoms with Crippen molar-refractivity contribution in [2.45, 2.75) is 18.7 Å². The van der Waals surface area contributed by atoms with Crippen LogP contribution in [0.4, 0.5) is 0 Å². The highest BCUT2D eigenvalue weighted by atomic mass is 32.2. The highest BCUT2D eigenvalue weighted by Crippen LogP contribution is 2.20. The first-order chi connectivity index (χ1) is 11.7. The molecule has 0 radical (unpaired) electrons. The first kappa shape index (κ1) is 19.2. The Morgan fingerprint density at radius 2 is 1.76 bits per heavy atom. The van der Waals surface area contributed by atoms with Gasteiger partial charge in [0.25, 0.3) is 0 Å². The molecule has 9 heteroatoms. The van der Waals surface area contributed by atoms with Gasteiger partial charge < -0.3 is 14.5 Å². The first-order valence-electron chi connectivity index (χ1n) is 7.92. The van der Waals surface area contributed by atoms with Crippen molar-refractivity contribution in [3.8, 4) is 5.75 Å². The largest absolute Gasteiger partial charge is 0.497 e. The van der Waals surface area contributed by atoms with Crippen LogP contribution in [0.3, 0.4) is 0 Å². The number of amides is 2. The molecule has 1 saturated heterocycles. The second-order valence-electron chi connectivity index (χ2n) is 5.84. The zero-order chi connectivity index (χ0) is 18.6. The molecule has 138 valence electrons. The van der Waals surface area contributed by atoms with E-state index in [9.17, 15) is 18.0 Å². The molecule has 1 aliphatic heterocycles. The standard InChI is InChI=1S/C16H23N3O5S/c1-12-10-14(24-3)4-5-15(12)25(22,23)17-11-16(21)19-8-6-18(7-9-19)13(2)20/h4-5,10,17H,6-9,11H2,1-3H3. The zero-order valence-electron chi connectivity index (χ0n) is 14.6. The smallest absolute Gasteiger partial charge is 0.241 e. The average Bonchev–Trinajstić information content (AvgIpc) is 2.59. The number of carbonyl (C=O) groups is 2. The summed E-state index contributed by atoms with van der Waals surface area (Å²) in [6.45, 7) is 4.58. The Balaban J connectivity index is 1.96. The maximum Gasteiger partial charge on any atom is 0.241 e. The van der Waals surface area contributed by atoms with E-state index in [2.05, 4.69) is 4.72 Å². The van der Waals surface area contributed by atoms with Crippen molar-refractivity contribution < 1.29 is 22.7 Å². The third kappa shape index (κ3) is 4.70. The second kappa shape index (κ2) is 7.83. The highest BCUT2D eigenvalue weighted by molar-refractivity contribution is 7.89. The Hall–Kier alpha value is -2.13. The summed E-state index contributed by atoms with van der Waals surface area (Å²) in [6.07, 6.45) is 0. The molecule has 0 aliphatic carbocycles. The number of piperazine rings is 1. The summed E-state index contributed by atoms with van der Waals surface area (Å²) in [7, 11) is -2.29. The van der Waals surface area contributed by atoms with Gasteiger partial charge in [-0.1, -0.05) is 0 Å². The van der Waals surface area contributed by atoms with Gasteiger partial charge in [-0.3, -0.25) is 9.59 Å². The molecule has 0 aromatic heterocycles. The van der Waals surface area contributed by atoms with E-state index in [-0.39, 0.29) is 23.3 Å². The van der Waals surface area contributed by atoms with E-state index in [1.165, 1.54) is 20.1 Å². The Bertz CT molecular complexity index is 755. The van der Waals surface area contributed by atoms with Gasteiger partial charge in [-0.05, 0) is 30.7 Å². The molecule has 0 atom stereocenters. The van der Waals surface area contributed by atoms with Crippen molar-refractivity contribution >= 4 is 21.8 Å². The van der Waals surface area contributed by atoms with E-state index >= 15 is 0 Å². The van der Waals surface area contributed by atoms with Crippen LogP contribution in [0.2, 0.25) is 0 Å². The van der Waals surface area contributed by atoms with Gasteiger partial charge in [0.05, 0.1) is 18.6 Å². The van der Waals surface area contributed by atoms with Gasteiger partial charge in [-0.15, -0.1) is 0 Å². The number of aryl methyl sites for hydroxylation is 1. The van der Waals surface area contributed by atoms with E-state index in [4.69, 9.17) is 4.74 Å². The summed E-state index contributed by atoms with van der Waals surface area (Å²) in [6, 6.07) is 4.63. The van der Waals surface area contributed by atoms with Gasteiger partial charge in [-0.25, -0.2) is 13.1 Å². The van der Waals surface area contributed by atoms with Crippen molar-refractivity contribution in [1.82, 2.24) is 14.5 Å². The third-order valence-corrected chi connectivity index (χ3v) is 5.72. The summed E-state index contributed by atoms with van der Waals surface area (Å²) < 4.78 is 32.2. The molecule has 1 aromatic carbocycles. The number of nitrogens with one attached hydrogen (secondary N) is 1. The van der Waals surface area contributed by atoms with Gasteiger partial charge >= 0.3 is 0 Å². The minimum absolute atomic E-state index is 0.0252. The molecular formula is C16H23N3O5S. The monoisotopic (exact) mass is 369 g/mol. The molecule has 0 bridgehead atoms. The molecule has 1 heterocycles. The number of hydrogen-bond donors (Lipinski definition) is 1. The van der Waals surface area contributed by atoms with Gasteiger partial charge in [0.15, 0.2) is 0 Å². The number of nitrogens with zero attached hydrogens (tertiary/aromatic N) is 2. The molecule has 1 aliphatic rings. The number of rotatable bonds is 5. The van der Waals surface area contributed by atoms with Gasteiger partial charge in [0.1, 0.15) is 5.75 Å². The van der Waals surface area contributed by atoms with Crippen LogP contribution in [0, 0.1) is 6.92 Å². The van der Waals surface area contributed by atoms with E-state index in [0.29, 0.717) is 37.5 Å². The lowest BCUT2D eigenvalue weighted by Gasteiger charge is -2.34. The summed E-state index contributed by atoms with van der Waals surface area (Å²) in [5.41, 5.74) is 0.536. The quantitative estimate of drug-likeness (QED) is 0.786. The van der Waals surface area contributed by atoms with Crippen LogP contribution in [-0.4, -0.2) is 69.9 Å². The Labute approximate surface area is 147 Å². The van der Waals surface area contributed by atoms with Crippen LogP contribution < -0.4 is 9.46 Å². The molecule has 8 nitrogen and oxygen atoms in total. The van der Waals surface area contributed by atoms with Crippen LogP contribution >= 0.6 is 0 Å². The number of benzene rings is 1. The molecule has 1 N–H and O–H groups in total. The number of hydrogen-bond acceptors (Lipinski definition) is 5. The van der Waals surface area contributed by atoms with Crippen LogP contribution in [0.25, 0.3) is 0 Å². The zero-order valence-corrected chi connectivity index (χ0v) is 15.4. The fourth-order valence-corrected chi connectivity index (χ4v) is 3.87. The number of sulfonamides is 1. The molecule has 2 rings (SSSR count). The van der Waals surface area contributed by atoms with Crippen molar-refractivity contribution in [1.29, 1.82) is 0 Å². The Kier molecular flexibility index (Phi) is 6.02. The van der Waals surface area contributed by atoms with E-state index in [0.717, 1.165) is 0 Å².